The maximum atomic E-state index is 12.7. The number of amides is 1. The Morgan fingerprint density at radius 3 is 2.11 bits per heavy atom. The van der Waals surface area contributed by atoms with E-state index in [0.717, 1.165) is 6.42 Å². The second-order valence-electron chi connectivity index (χ2n) is 7.50. The summed E-state index contributed by atoms with van der Waals surface area (Å²) in [5.41, 5.74) is 1.10. The molecule has 2 aromatic rings. The number of rotatable bonds is 7. The summed E-state index contributed by atoms with van der Waals surface area (Å²) in [7, 11) is -3.61. The Morgan fingerprint density at radius 2 is 1.59 bits per heavy atom. The van der Waals surface area contributed by atoms with Gasteiger partial charge in [-0.15, -0.1) is 0 Å². The predicted octanol–water partition coefficient (Wildman–Crippen LogP) is 3.47. The van der Waals surface area contributed by atoms with Crippen LogP contribution in [0.25, 0.3) is 0 Å². The molecule has 1 N–H and O–H groups in total. The Hall–Kier alpha value is -2.18. The molecule has 0 fully saturated rings. The number of benzene rings is 2. The van der Waals surface area contributed by atoms with Gasteiger partial charge in [-0.05, 0) is 63.9 Å². The van der Waals surface area contributed by atoms with Crippen molar-refractivity contribution in [1.29, 1.82) is 0 Å². The van der Waals surface area contributed by atoms with Crippen LogP contribution in [0.15, 0.2) is 59.5 Å². The van der Waals surface area contributed by atoms with Gasteiger partial charge in [-0.2, -0.15) is 0 Å². The molecule has 0 heterocycles. The molecule has 0 bridgehead atoms. The van der Waals surface area contributed by atoms with E-state index in [2.05, 4.69) is 4.72 Å². The van der Waals surface area contributed by atoms with E-state index in [0.29, 0.717) is 18.7 Å². The third kappa shape index (κ3) is 6.19. The van der Waals surface area contributed by atoms with Gasteiger partial charge in [-0.3, -0.25) is 4.79 Å². The highest BCUT2D eigenvalue weighted by Gasteiger charge is 2.22. The quantitative estimate of drug-likeness (QED) is 0.790. The standard InChI is InChI=1S/C21H28N2O3S/c1-5-23(16-15-17-9-7-6-8-10-17)20(24)18-11-13-19(14-12-18)27(25,26)22-21(2,3)4/h6-14,22H,5,15-16H2,1-4H3. The van der Waals surface area contributed by atoms with Gasteiger partial charge in [0.05, 0.1) is 4.90 Å². The van der Waals surface area contributed by atoms with Crippen LogP contribution in [0, 0.1) is 0 Å². The minimum atomic E-state index is -3.61. The smallest absolute Gasteiger partial charge is 0.253 e. The van der Waals surface area contributed by atoms with Crippen molar-refractivity contribution in [2.24, 2.45) is 0 Å². The number of carbonyl (C=O) groups is 1. The van der Waals surface area contributed by atoms with Crippen LogP contribution in [0.5, 0.6) is 0 Å². The van der Waals surface area contributed by atoms with Crippen LogP contribution in [0.3, 0.4) is 0 Å². The number of hydrogen-bond donors (Lipinski definition) is 1. The molecule has 27 heavy (non-hydrogen) atoms. The first-order valence-electron chi connectivity index (χ1n) is 9.09. The zero-order chi connectivity index (χ0) is 20.1. The van der Waals surface area contributed by atoms with Crippen molar-refractivity contribution in [3.05, 3.63) is 65.7 Å². The van der Waals surface area contributed by atoms with E-state index >= 15 is 0 Å². The van der Waals surface area contributed by atoms with Crippen molar-refractivity contribution in [1.82, 2.24) is 9.62 Å². The normalized spacial score (nSPS) is 12.0. The fourth-order valence-electron chi connectivity index (χ4n) is 2.73. The molecule has 2 rings (SSSR count). The number of likely N-dealkylation sites (N-methyl/N-ethyl adjacent to an activating group) is 1. The van der Waals surface area contributed by atoms with Crippen molar-refractivity contribution in [3.63, 3.8) is 0 Å². The molecule has 0 aliphatic carbocycles. The Bertz CT molecular complexity index is 855. The van der Waals surface area contributed by atoms with Crippen molar-refractivity contribution in [3.8, 4) is 0 Å². The van der Waals surface area contributed by atoms with E-state index in [1.165, 1.54) is 17.7 Å². The fraction of sp³-hybridized carbons (Fsp3) is 0.381. The van der Waals surface area contributed by atoms with Gasteiger partial charge in [0, 0.05) is 24.2 Å². The van der Waals surface area contributed by atoms with Gasteiger partial charge in [0.25, 0.3) is 5.91 Å². The molecule has 0 unspecified atom stereocenters. The Morgan fingerprint density at radius 1 is 1.00 bits per heavy atom. The monoisotopic (exact) mass is 388 g/mol. The van der Waals surface area contributed by atoms with Gasteiger partial charge in [0.2, 0.25) is 10.0 Å². The summed E-state index contributed by atoms with van der Waals surface area (Å²) < 4.78 is 27.4. The van der Waals surface area contributed by atoms with Gasteiger partial charge in [0.1, 0.15) is 0 Å². The number of hydrogen-bond acceptors (Lipinski definition) is 3. The van der Waals surface area contributed by atoms with E-state index in [9.17, 15) is 13.2 Å². The van der Waals surface area contributed by atoms with Crippen LogP contribution in [0.1, 0.15) is 43.6 Å². The summed E-state index contributed by atoms with van der Waals surface area (Å²) in [6, 6.07) is 16.1. The number of nitrogens with zero attached hydrogens (tertiary/aromatic N) is 1. The van der Waals surface area contributed by atoms with Crippen LogP contribution in [0.4, 0.5) is 0 Å². The molecular weight excluding hydrogens is 360 g/mol. The van der Waals surface area contributed by atoms with E-state index in [1.54, 1.807) is 37.8 Å². The molecule has 6 heteroatoms. The highest BCUT2D eigenvalue weighted by atomic mass is 32.2. The Labute approximate surface area is 162 Å². The first kappa shape index (κ1) is 21.1. The molecule has 0 spiro atoms. The molecule has 0 aromatic heterocycles. The summed E-state index contributed by atoms with van der Waals surface area (Å²) in [6.07, 6.45) is 0.780. The van der Waals surface area contributed by atoms with Crippen molar-refractivity contribution < 1.29 is 13.2 Å². The van der Waals surface area contributed by atoms with Crippen LogP contribution < -0.4 is 4.72 Å². The topological polar surface area (TPSA) is 66.5 Å². The fourth-order valence-corrected chi connectivity index (χ4v) is 4.15. The molecule has 0 saturated carbocycles. The van der Waals surface area contributed by atoms with Gasteiger partial charge in [-0.1, -0.05) is 30.3 Å². The minimum Gasteiger partial charge on any atom is -0.339 e. The highest BCUT2D eigenvalue weighted by molar-refractivity contribution is 7.89. The van der Waals surface area contributed by atoms with E-state index in [1.807, 2.05) is 37.3 Å². The highest BCUT2D eigenvalue weighted by Crippen LogP contribution is 2.15. The zero-order valence-electron chi connectivity index (χ0n) is 16.4. The number of carbonyl (C=O) groups excluding carboxylic acids is 1. The third-order valence-corrected chi connectivity index (χ3v) is 5.81. The number of sulfonamides is 1. The van der Waals surface area contributed by atoms with E-state index < -0.39 is 15.6 Å². The lowest BCUT2D eigenvalue weighted by Crippen LogP contribution is -2.40. The lowest BCUT2D eigenvalue weighted by molar-refractivity contribution is 0.0766. The van der Waals surface area contributed by atoms with Gasteiger partial charge in [0.15, 0.2) is 0 Å². The summed E-state index contributed by atoms with van der Waals surface area (Å²) >= 11 is 0. The first-order chi connectivity index (χ1) is 12.6. The SMILES string of the molecule is CCN(CCc1ccccc1)C(=O)c1ccc(S(=O)(=O)NC(C)(C)C)cc1. The molecule has 0 radical (unpaired) electrons. The van der Waals surface area contributed by atoms with Crippen molar-refractivity contribution >= 4 is 15.9 Å². The minimum absolute atomic E-state index is 0.0961. The van der Waals surface area contributed by atoms with E-state index in [-0.39, 0.29) is 10.8 Å². The molecule has 146 valence electrons. The Balaban J connectivity index is 2.09. The molecule has 5 nitrogen and oxygen atoms in total. The zero-order valence-corrected chi connectivity index (χ0v) is 17.2. The second-order valence-corrected chi connectivity index (χ2v) is 9.18. The van der Waals surface area contributed by atoms with Gasteiger partial charge < -0.3 is 4.90 Å². The molecule has 0 aliphatic rings. The summed E-state index contributed by atoms with van der Waals surface area (Å²) in [5, 5.41) is 0. The first-order valence-corrected chi connectivity index (χ1v) is 10.6. The lowest BCUT2D eigenvalue weighted by Gasteiger charge is -2.22. The third-order valence-electron chi connectivity index (χ3n) is 4.03. The molecule has 1 amide bonds. The second kappa shape index (κ2) is 8.67. The predicted molar refractivity (Wildman–Crippen MR) is 108 cm³/mol. The lowest BCUT2D eigenvalue weighted by atomic mass is 10.1. The van der Waals surface area contributed by atoms with Gasteiger partial charge >= 0.3 is 0 Å². The van der Waals surface area contributed by atoms with Crippen LogP contribution in [-0.4, -0.2) is 37.9 Å². The van der Waals surface area contributed by atoms with Crippen LogP contribution in [0.2, 0.25) is 0 Å². The van der Waals surface area contributed by atoms with Gasteiger partial charge in [-0.25, -0.2) is 13.1 Å². The molecule has 0 saturated heterocycles. The summed E-state index contributed by atoms with van der Waals surface area (Å²) in [4.78, 5) is 14.7. The average Bonchev–Trinajstić information content (AvgIpc) is 2.61. The molecule has 0 aliphatic heterocycles. The van der Waals surface area contributed by atoms with E-state index in [4.69, 9.17) is 0 Å². The summed E-state index contributed by atoms with van der Waals surface area (Å²) in [5.74, 6) is -0.0961. The summed E-state index contributed by atoms with van der Waals surface area (Å²) in [6.45, 7) is 8.51. The maximum absolute atomic E-state index is 12.7. The Kier molecular flexibility index (Phi) is 6.78. The maximum Gasteiger partial charge on any atom is 0.253 e. The molecule has 2 aromatic carbocycles. The van der Waals surface area contributed by atoms with Crippen LogP contribution >= 0.6 is 0 Å². The van der Waals surface area contributed by atoms with Crippen LogP contribution in [-0.2, 0) is 16.4 Å². The number of nitrogens with one attached hydrogen (secondary N) is 1. The van der Waals surface area contributed by atoms with Crippen molar-refractivity contribution in [2.75, 3.05) is 13.1 Å². The largest absolute Gasteiger partial charge is 0.339 e. The molecule has 0 atom stereocenters. The van der Waals surface area contributed by atoms with Crippen molar-refractivity contribution in [2.45, 2.75) is 44.6 Å². The molecular formula is C21H28N2O3S. The average molecular weight is 389 g/mol.